The van der Waals surface area contributed by atoms with E-state index >= 15 is 0 Å². The number of piperidine rings is 1. The van der Waals surface area contributed by atoms with Gasteiger partial charge in [0, 0.05) is 17.9 Å². The molecule has 0 aromatic heterocycles. The highest BCUT2D eigenvalue weighted by Crippen LogP contribution is 2.31. The number of hydrogen-bond acceptors (Lipinski definition) is 2. The Balaban J connectivity index is 2.32. The number of halogens is 1. The number of hydrogen-bond donors (Lipinski definition) is 0. The van der Waals surface area contributed by atoms with Gasteiger partial charge >= 0.3 is 0 Å². The summed E-state index contributed by atoms with van der Waals surface area (Å²) in [7, 11) is -3.38. The minimum atomic E-state index is -3.38. The van der Waals surface area contributed by atoms with E-state index in [2.05, 4.69) is 29.8 Å². The third-order valence-electron chi connectivity index (χ3n) is 4.23. The number of sulfonamides is 1. The lowest BCUT2D eigenvalue weighted by atomic mass is 9.88. The van der Waals surface area contributed by atoms with E-state index < -0.39 is 10.0 Å². The lowest BCUT2D eigenvalue weighted by Crippen LogP contribution is -2.48. The molecule has 2 rings (SSSR count). The zero-order valence-electron chi connectivity index (χ0n) is 12.2. The molecule has 0 spiro atoms. The van der Waals surface area contributed by atoms with Crippen molar-refractivity contribution in [2.75, 3.05) is 6.54 Å². The Labute approximate surface area is 130 Å². The second-order valence-corrected chi connectivity index (χ2v) is 8.36. The van der Waals surface area contributed by atoms with Crippen LogP contribution in [0.3, 0.4) is 0 Å². The summed E-state index contributed by atoms with van der Waals surface area (Å²) in [6, 6.07) is 7.21. The zero-order valence-corrected chi connectivity index (χ0v) is 14.6. The fourth-order valence-electron chi connectivity index (χ4n) is 2.87. The number of nitrogens with zero attached hydrogens (tertiary/aromatic N) is 1. The summed E-state index contributed by atoms with van der Waals surface area (Å²) in [4.78, 5) is 0.398. The predicted octanol–water partition coefficient (Wildman–Crippen LogP) is 3.64. The second kappa shape index (κ2) is 6.16. The van der Waals surface area contributed by atoms with Crippen molar-refractivity contribution in [1.29, 1.82) is 0 Å². The Kier molecular flexibility index (Phi) is 4.92. The fraction of sp³-hybridized carbons (Fsp3) is 0.600. The van der Waals surface area contributed by atoms with Gasteiger partial charge in [-0.15, -0.1) is 0 Å². The van der Waals surface area contributed by atoms with Crippen molar-refractivity contribution >= 4 is 26.0 Å². The predicted molar refractivity (Wildman–Crippen MR) is 85.4 cm³/mol. The van der Waals surface area contributed by atoms with E-state index in [1.807, 2.05) is 19.1 Å². The topological polar surface area (TPSA) is 37.4 Å². The summed E-state index contributed by atoms with van der Waals surface area (Å²) in [5.74, 6) is 0.813. The van der Waals surface area contributed by atoms with Crippen LogP contribution in [0.2, 0.25) is 0 Å². The van der Waals surface area contributed by atoms with Crippen molar-refractivity contribution < 1.29 is 8.42 Å². The summed E-state index contributed by atoms with van der Waals surface area (Å²) in [6.07, 6.45) is 1.09. The third-order valence-corrected chi connectivity index (χ3v) is 6.84. The molecule has 112 valence electrons. The molecule has 20 heavy (non-hydrogen) atoms. The Morgan fingerprint density at radius 1 is 1.20 bits per heavy atom. The maximum Gasteiger partial charge on any atom is 0.243 e. The summed E-state index contributed by atoms with van der Waals surface area (Å²) in [5.41, 5.74) is 1.08. The van der Waals surface area contributed by atoms with Crippen LogP contribution in [0.15, 0.2) is 29.2 Å². The quantitative estimate of drug-likeness (QED) is 0.772. The van der Waals surface area contributed by atoms with Gasteiger partial charge in [-0.2, -0.15) is 4.31 Å². The minimum Gasteiger partial charge on any atom is -0.207 e. The van der Waals surface area contributed by atoms with Crippen molar-refractivity contribution in [2.24, 2.45) is 11.8 Å². The average Bonchev–Trinajstić information content (AvgIpc) is 2.42. The maximum absolute atomic E-state index is 12.8. The van der Waals surface area contributed by atoms with Gasteiger partial charge in [-0.05, 0) is 42.9 Å². The molecule has 3 unspecified atom stereocenters. The average molecular weight is 360 g/mol. The molecule has 1 aromatic carbocycles. The first kappa shape index (κ1) is 16.0. The van der Waals surface area contributed by atoms with E-state index in [1.54, 1.807) is 16.4 Å². The van der Waals surface area contributed by atoms with E-state index in [-0.39, 0.29) is 6.04 Å². The van der Waals surface area contributed by atoms with Crippen LogP contribution in [-0.2, 0) is 15.4 Å². The van der Waals surface area contributed by atoms with Gasteiger partial charge in [-0.25, -0.2) is 8.42 Å². The summed E-state index contributed by atoms with van der Waals surface area (Å²) >= 11 is 3.37. The summed E-state index contributed by atoms with van der Waals surface area (Å²) in [6.45, 7) is 6.89. The maximum atomic E-state index is 12.8. The van der Waals surface area contributed by atoms with Crippen LogP contribution < -0.4 is 0 Å². The standard InChI is InChI=1S/C15H22BrNO2S/c1-11-8-12(2)13(3)17(10-11)20(18,19)15-6-4-14(9-16)5-7-15/h4-7,11-13H,8-10H2,1-3H3. The van der Waals surface area contributed by atoms with Crippen LogP contribution in [0.25, 0.3) is 0 Å². The SMILES string of the molecule is CC1CC(C)C(C)N(S(=O)(=O)c2ccc(CBr)cc2)C1. The highest BCUT2D eigenvalue weighted by molar-refractivity contribution is 9.08. The first-order valence-electron chi connectivity index (χ1n) is 7.03. The first-order valence-corrected chi connectivity index (χ1v) is 9.59. The van der Waals surface area contributed by atoms with Gasteiger partial charge in [-0.3, -0.25) is 0 Å². The van der Waals surface area contributed by atoms with Gasteiger partial charge in [0.2, 0.25) is 10.0 Å². The second-order valence-electron chi connectivity index (χ2n) is 5.91. The molecule has 1 heterocycles. The Morgan fingerprint density at radius 3 is 2.35 bits per heavy atom. The molecule has 3 atom stereocenters. The van der Waals surface area contributed by atoms with E-state index in [0.29, 0.717) is 23.3 Å². The number of alkyl halides is 1. The van der Waals surface area contributed by atoms with Crippen LogP contribution >= 0.6 is 15.9 Å². The molecule has 0 amide bonds. The van der Waals surface area contributed by atoms with Crippen molar-refractivity contribution in [2.45, 2.75) is 43.5 Å². The highest BCUT2D eigenvalue weighted by Gasteiger charge is 2.36. The number of rotatable bonds is 3. The lowest BCUT2D eigenvalue weighted by molar-refractivity contribution is 0.157. The normalized spacial score (nSPS) is 28.5. The van der Waals surface area contributed by atoms with E-state index in [4.69, 9.17) is 0 Å². The van der Waals surface area contributed by atoms with E-state index in [0.717, 1.165) is 17.3 Å². The van der Waals surface area contributed by atoms with Gasteiger partial charge in [-0.1, -0.05) is 41.9 Å². The molecular formula is C15H22BrNO2S. The Hall–Kier alpha value is -0.390. The first-order chi connectivity index (χ1) is 9.36. The highest BCUT2D eigenvalue weighted by atomic mass is 79.9. The molecule has 0 aliphatic carbocycles. The van der Waals surface area contributed by atoms with Gasteiger partial charge in [0.15, 0.2) is 0 Å². The fourth-order valence-corrected chi connectivity index (χ4v) is 5.09. The van der Waals surface area contributed by atoms with Crippen molar-refractivity contribution in [3.63, 3.8) is 0 Å². The molecule has 3 nitrogen and oxygen atoms in total. The monoisotopic (exact) mass is 359 g/mol. The van der Waals surface area contributed by atoms with Gasteiger partial charge in [0.25, 0.3) is 0 Å². The lowest BCUT2D eigenvalue weighted by Gasteiger charge is -2.40. The summed E-state index contributed by atoms with van der Waals surface area (Å²) < 4.78 is 27.3. The zero-order chi connectivity index (χ0) is 14.9. The molecule has 0 radical (unpaired) electrons. The van der Waals surface area contributed by atoms with Crippen LogP contribution in [-0.4, -0.2) is 25.3 Å². The van der Waals surface area contributed by atoms with Gasteiger partial charge in [0.1, 0.15) is 0 Å². The molecule has 0 bridgehead atoms. The molecule has 1 aromatic rings. The molecule has 0 saturated carbocycles. The largest absolute Gasteiger partial charge is 0.243 e. The Bertz CT molecular complexity index is 556. The van der Waals surface area contributed by atoms with Crippen LogP contribution in [0.4, 0.5) is 0 Å². The van der Waals surface area contributed by atoms with Crippen molar-refractivity contribution in [3.8, 4) is 0 Å². The van der Waals surface area contributed by atoms with E-state index in [9.17, 15) is 8.42 Å². The van der Waals surface area contributed by atoms with Crippen LogP contribution in [0.5, 0.6) is 0 Å². The van der Waals surface area contributed by atoms with Gasteiger partial charge < -0.3 is 0 Å². The molecule has 1 aliphatic heterocycles. The number of benzene rings is 1. The molecule has 1 fully saturated rings. The van der Waals surface area contributed by atoms with Crippen LogP contribution in [0.1, 0.15) is 32.8 Å². The summed E-state index contributed by atoms with van der Waals surface area (Å²) in [5, 5.41) is 0.738. The molecule has 1 saturated heterocycles. The van der Waals surface area contributed by atoms with Crippen molar-refractivity contribution in [1.82, 2.24) is 4.31 Å². The molecule has 1 aliphatic rings. The van der Waals surface area contributed by atoms with Crippen molar-refractivity contribution in [3.05, 3.63) is 29.8 Å². The Morgan fingerprint density at radius 2 is 1.80 bits per heavy atom. The minimum absolute atomic E-state index is 0.0621. The van der Waals surface area contributed by atoms with Gasteiger partial charge in [0.05, 0.1) is 4.90 Å². The molecular weight excluding hydrogens is 338 g/mol. The van der Waals surface area contributed by atoms with Crippen LogP contribution in [0, 0.1) is 11.8 Å². The smallest absolute Gasteiger partial charge is 0.207 e. The molecule has 5 heteroatoms. The van der Waals surface area contributed by atoms with E-state index in [1.165, 1.54) is 0 Å². The third kappa shape index (κ3) is 3.10. The molecule has 0 N–H and O–H groups in total.